The summed E-state index contributed by atoms with van der Waals surface area (Å²) >= 11 is 0. The van der Waals surface area contributed by atoms with Gasteiger partial charge in [0.05, 0.1) is 12.7 Å². The van der Waals surface area contributed by atoms with Gasteiger partial charge in [0.25, 0.3) is 0 Å². The molecule has 5 aliphatic rings. The molecule has 0 saturated heterocycles. The Kier molecular flexibility index (Phi) is 5.42. The zero-order chi connectivity index (χ0) is 24.0. The van der Waals surface area contributed by atoms with Crippen molar-refractivity contribution >= 4 is 0 Å². The van der Waals surface area contributed by atoms with Gasteiger partial charge in [0, 0.05) is 17.4 Å². The van der Waals surface area contributed by atoms with Gasteiger partial charge in [-0.15, -0.1) is 0 Å². The highest BCUT2D eigenvalue weighted by Crippen LogP contribution is 2.76. The second-order valence-electron chi connectivity index (χ2n) is 14.1. The molecule has 0 heterocycles. The highest BCUT2D eigenvalue weighted by molar-refractivity contribution is 5.37. The molecule has 9 atom stereocenters. The van der Waals surface area contributed by atoms with E-state index < -0.39 is 0 Å². The van der Waals surface area contributed by atoms with E-state index in [1.54, 1.807) is 0 Å². The van der Waals surface area contributed by atoms with Crippen molar-refractivity contribution in [1.29, 1.82) is 0 Å². The van der Waals surface area contributed by atoms with Gasteiger partial charge < -0.3 is 15.3 Å². The molecule has 0 aromatic rings. The van der Waals surface area contributed by atoms with Crippen molar-refractivity contribution in [3.8, 4) is 0 Å². The van der Waals surface area contributed by atoms with Crippen molar-refractivity contribution in [2.45, 2.75) is 98.5 Å². The summed E-state index contributed by atoms with van der Waals surface area (Å²) in [5.74, 6) is 1.80. The van der Waals surface area contributed by atoms with E-state index in [4.69, 9.17) is 0 Å². The number of hydrogen-bond acceptors (Lipinski definition) is 3. The third kappa shape index (κ3) is 2.79. The molecule has 3 heteroatoms. The van der Waals surface area contributed by atoms with Crippen LogP contribution in [0.25, 0.3) is 0 Å². The van der Waals surface area contributed by atoms with Gasteiger partial charge in [-0.25, -0.2) is 0 Å². The largest absolute Gasteiger partial charge is 0.396 e. The maximum absolute atomic E-state index is 11.2. The van der Waals surface area contributed by atoms with Crippen LogP contribution in [0.15, 0.2) is 23.8 Å². The van der Waals surface area contributed by atoms with Crippen LogP contribution in [-0.2, 0) is 0 Å². The van der Waals surface area contributed by atoms with Crippen molar-refractivity contribution in [3.63, 3.8) is 0 Å². The standard InChI is InChI=1S/C30H48O3/c1-19(2)20-9-14-29(17-31)15-16-30(18-32)21(25(20)29)7-8-23-27(5)12-11-24(33)26(3,4)22(27)10-13-28(23,30)6/h7,20,22-25,31-33H,1,8-18H2,2-6H3/t20-,22-,23-,24-,25+,27-,28+,29+,30-/m0/s1. The summed E-state index contributed by atoms with van der Waals surface area (Å²) < 4.78 is 0. The number of allylic oxidation sites excluding steroid dienone is 2. The second kappa shape index (κ2) is 7.43. The lowest BCUT2D eigenvalue weighted by atomic mass is 9.34. The summed E-state index contributed by atoms with van der Waals surface area (Å²) in [7, 11) is 0. The van der Waals surface area contributed by atoms with Crippen molar-refractivity contribution in [2.24, 2.45) is 50.7 Å². The maximum Gasteiger partial charge on any atom is 0.0594 e. The van der Waals surface area contributed by atoms with Crippen LogP contribution < -0.4 is 0 Å². The number of fused-ring (bicyclic) bond motifs is 7. The van der Waals surface area contributed by atoms with E-state index in [-0.39, 0.29) is 46.4 Å². The maximum atomic E-state index is 11.2. The molecular weight excluding hydrogens is 408 g/mol. The SMILES string of the molecule is C=C(C)[C@@H]1CC[C@]2(CO)CC[C@]3(CO)C(=CC[C@H]4[C@@]5(C)CC[C@H](O)C(C)(C)[C@@H]5CC[C@]43C)[C@@H]12. The monoisotopic (exact) mass is 456 g/mol. The summed E-state index contributed by atoms with van der Waals surface area (Å²) in [4.78, 5) is 0. The summed E-state index contributed by atoms with van der Waals surface area (Å²) in [5, 5.41) is 32.8. The van der Waals surface area contributed by atoms with Crippen LogP contribution in [0.5, 0.6) is 0 Å². The van der Waals surface area contributed by atoms with Crippen LogP contribution in [-0.4, -0.2) is 34.6 Å². The summed E-state index contributed by atoms with van der Waals surface area (Å²) in [5.41, 5.74) is 2.69. The molecule has 0 aromatic heterocycles. The normalized spacial score (nSPS) is 52.7. The number of rotatable bonds is 3. The minimum Gasteiger partial charge on any atom is -0.396 e. The Morgan fingerprint density at radius 3 is 2.30 bits per heavy atom. The summed E-state index contributed by atoms with van der Waals surface area (Å²) in [6.45, 7) is 16.6. The van der Waals surface area contributed by atoms with Crippen molar-refractivity contribution < 1.29 is 15.3 Å². The lowest BCUT2D eigenvalue weighted by Gasteiger charge is -2.71. The van der Waals surface area contributed by atoms with Gasteiger partial charge in [-0.1, -0.05) is 51.5 Å². The van der Waals surface area contributed by atoms with Crippen LogP contribution in [0.1, 0.15) is 92.4 Å². The Balaban J connectivity index is 1.63. The Morgan fingerprint density at radius 2 is 1.67 bits per heavy atom. The quantitative estimate of drug-likeness (QED) is 0.464. The smallest absolute Gasteiger partial charge is 0.0594 e. The first-order valence-electron chi connectivity index (χ1n) is 13.7. The molecule has 0 unspecified atom stereocenters. The lowest BCUT2D eigenvalue weighted by Crippen LogP contribution is -2.65. The Morgan fingerprint density at radius 1 is 0.939 bits per heavy atom. The lowest BCUT2D eigenvalue weighted by molar-refractivity contribution is -0.211. The van der Waals surface area contributed by atoms with E-state index in [1.807, 2.05) is 0 Å². The Bertz CT molecular complexity index is 859. The molecule has 0 spiro atoms. The van der Waals surface area contributed by atoms with E-state index in [2.05, 4.69) is 47.3 Å². The van der Waals surface area contributed by atoms with Gasteiger partial charge in [-0.2, -0.15) is 0 Å². The van der Waals surface area contributed by atoms with E-state index >= 15 is 0 Å². The van der Waals surface area contributed by atoms with E-state index in [1.165, 1.54) is 11.1 Å². The predicted molar refractivity (Wildman–Crippen MR) is 133 cm³/mol. The van der Waals surface area contributed by atoms with Crippen molar-refractivity contribution in [2.75, 3.05) is 13.2 Å². The van der Waals surface area contributed by atoms with Gasteiger partial charge >= 0.3 is 0 Å². The third-order valence-corrected chi connectivity index (χ3v) is 12.9. The Hall–Kier alpha value is -0.640. The molecule has 5 aliphatic carbocycles. The molecule has 4 saturated carbocycles. The van der Waals surface area contributed by atoms with E-state index in [0.29, 0.717) is 23.7 Å². The molecule has 0 amide bonds. The molecule has 0 aliphatic heterocycles. The van der Waals surface area contributed by atoms with Crippen molar-refractivity contribution in [1.82, 2.24) is 0 Å². The van der Waals surface area contributed by atoms with Gasteiger partial charge in [0.1, 0.15) is 0 Å². The molecule has 0 aromatic carbocycles. The van der Waals surface area contributed by atoms with E-state index in [0.717, 1.165) is 57.8 Å². The fourth-order valence-corrected chi connectivity index (χ4v) is 10.9. The average molecular weight is 457 g/mol. The first-order valence-corrected chi connectivity index (χ1v) is 13.7. The van der Waals surface area contributed by atoms with Crippen LogP contribution in [0.2, 0.25) is 0 Å². The van der Waals surface area contributed by atoms with E-state index in [9.17, 15) is 15.3 Å². The average Bonchev–Trinajstić information content (AvgIpc) is 3.17. The number of hydrogen-bond donors (Lipinski definition) is 3. The van der Waals surface area contributed by atoms with Crippen LogP contribution in [0.4, 0.5) is 0 Å². The molecule has 4 fully saturated rings. The molecule has 3 N–H and O–H groups in total. The highest BCUT2D eigenvalue weighted by Gasteiger charge is 2.70. The third-order valence-electron chi connectivity index (χ3n) is 12.9. The summed E-state index contributed by atoms with van der Waals surface area (Å²) in [6.07, 6.45) is 11.9. The molecule has 5 rings (SSSR count). The van der Waals surface area contributed by atoms with Gasteiger partial charge in [-0.3, -0.25) is 0 Å². The predicted octanol–water partition coefficient (Wildman–Crippen LogP) is 5.89. The van der Waals surface area contributed by atoms with Crippen molar-refractivity contribution in [3.05, 3.63) is 23.8 Å². The molecular formula is C30H48O3. The molecule has 3 nitrogen and oxygen atoms in total. The molecule has 186 valence electrons. The minimum atomic E-state index is -0.212. The molecule has 33 heavy (non-hydrogen) atoms. The number of aliphatic hydroxyl groups excluding tert-OH is 3. The fraction of sp³-hybridized carbons (Fsp3) is 0.867. The highest BCUT2D eigenvalue weighted by atomic mass is 16.3. The van der Waals surface area contributed by atoms with Crippen LogP contribution in [0.3, 0.4) is 0 Å². The Labute approximate surface area is 201 Å². The van der Waals surface area contributed by atoms with Gasteiger partial charge in [-0.05, 0) is 105 Å². The zero-order valence-corrected chi connectivity index (χ0v) is 21.8. The summed E-state index contributed by atoms with van der Waals surface area (Å²) in [6, 6.07) is 0. The second-order valence-corrected chi connectivity index (χ2v) is 14.1. The molecule has 0 radical (unpaired) electrons. The van der Waals surface area contributed by atoms with Crippen LogP contribution >= 0.6 is 0 Å². The first kappa shape index (κ1) is 24.1. The van der Waals surface area contributed by atoms with Gasteiger partial charge in [0.2, 0.25) is 0 Å². The minimum absolute atomic E-state index is 0.0324. The van der Waals surface area contributed by atoms with Crippen LogP contribution in [0, 0.1) is 50.7 Å². The number of aliphatic hydroxyl groups is 3. The zero-order valence-electron chi connectivity index (χ0n) is 21.8. The molecule has 0 bridgehead atoms. The van der Waals surface area contributed by atoms with Gasteiger partial charge in [0.15, 0.2) is 0 Å². The first-order chi connectivity index (χ1) is 15.4. The topological polar surface area (TPSA) is 60.7 Å². The fourth-order valence-electron chi connectivity index (χ4n) is 10.9.